The minimum absolute atomic E-state index is 0.00645. The number of hydrogen-bond donors (Lipinski definition) is 1. The molecule has 6 nitrogen and oxygen atoms in total. The van der Waals surface area contributed by atoms with Crippen molar-refractivity contribution in [3.05, 3.63) is 64.2 Å². The molecule has 0 atom stereocenters. The van der Waals surface area contributed by atoms with Crippen molar-refractivity contribution in [1.29, 1.82) is 0 Å². The minimum Gasteiger partial charge on any atom is -0.352 e. The molecule has 1 aliphatic rings. The van der Waals surface area contributed by atoms with Gasteiger partial charge in [0.25, 0.3) is 0 Å². The summed E-state index contributed by atoms with van der Waals surface area (Å²) in [5.41, 5.74) is 4.96. The fraction of sp³-hybridized carbons (Fsp3) is 0.519. The molecule has 0 saturated carbocycles. The number of sulfonamides is 1. The van der Waals surface area contributed by atoms with E-state index in [9.17, 15) is 13.2 Å². The highest BCUT2D eigenvalue weighted by atomic mass is 32.2. The van der Waals surface area contributed by atoms with Gasteiger partial charge in [-0.3, -0.25) is 9.69 Å². The third-order valence-corrected chi connectivity index (χ3v) is 9.02. The zero-order valence-electron chi connectivity index (χ0n) is 21.2. The van der Waals surface area contributed by atoms with E-state index >= 15 is 0 Å². The summed E-state index contributed by atoms with van der Waals surface area (Å²) in [6.45, 7) is 14.2. The maximum Gasteiger partial charge on any atom is 0.243 e. The maximum absolute atomic E-state index is 13.3. The van der Waals surface area contributed by atoms with E-state index in [2.05, 4.69) is 48.3 Å². The van der Waals surface area contributed by atoms with Crippen molar-refractivity contribution in [3.63, 3.8) is 0 Å². The van der Waals surface area contributed by atoms with Crippen LogP contribution in [0.2, 0.25) is 0 Å². The summed E-state index contributed by atoms with van der Waals surface area (Å²) < 4.78 is 28.1. The van der Waals surface area contributed by atoms with E-state index < -0.39 is 10.0 Å². The number of hydrogen-bond acceptors (Lipinski definition) is 4. The Hall–Kier alpha value is -2.22. The summed E-state index contributed by atoms with van der Waals surface area (Å²) in [5, 5.41) is 3.04. The number of piperidine rings is 1. The fourth-order valence-corrected chi connectivity index (χ4v) is 6.74. The van der Waals surface area contributed by atoms with Gasteiger partial charge < -0.3 is 5.32 Å². The van der Waals surface area contributed by atoms with Crippen LogP contribution in [0.15, 0.2) is 41.3 Å². The van der Waals surface area contributed by atoms with Crippen molar-refractivity contribution in [2.75, 3.05) is 26.2 Å². The molecule has 34 heavy (non-hydrogen) atoms. The molecule has 7 heteroatoms. The summed E-state index contributed by atoms with van der Waals surface area (Å²) in [6.07, 6.45) is 1.08. The standard InChI is InChI=1S/C27H39N3O3S/c1-6-29(7-2)19-24-10-8-23(9-11-24)18-28-27(31)25-12-14-30(15-13-25)34(32,33)26-21(4)16-20(3)17-22(26)5/h8-11,16-17,25H,6-7,12-15,18-19H2,1-5H3,(H,28,31). The number of nitrogens with one attached hydrogen (secondary N) is 1. The SMILES string of the molecule is CCN(CC)Cc1ccc(CNC(=O)C2CCN(S(=O)(=O)c3c(C)cc(C)cc3C)CC2)cc1. The molecule has 2 aromatic rings. The van der Waals surface area contributed by atoms with Crippen molar-refractivity contribution in [2.45, 2.75) is 65.4 Å². The lowest BCUT2D eigenvalue weighted by Crippen LogP contribution is -2.43. The molecule has 1 fully saturated rings. The molecule has 0 spiro atoms. The van der Waals surface area contributed by atoms with Crippen LogP contribution in [0.25, 0.3) is 0 Å². The van der Waals surface area contributed by atoms with Gasteiger partial charge in [-0.25, -0.2) is 8.42 Å². The number of aryl methyl sites for hydroxylation is 3. The van der Waals surface area contributed by atoms with Gasteiger partial charge in [-0.2, -0.15) is 4.31 Å². The largest absolute Gasteiger partial charge is 0.352 e. The van der Waals surface area contributed by atoms with E-state index in [1.54, 1.807) is 0 Å². The Kier molecular flexibility index (Phi) is 8.90. The van der Waals surface area contributed by atoms with Crippen molar-refractivity contribution in [2.24, 2.45) is 5.92 Å². The van der Waals surface area contributed by atoms with Gasteiger partial charge in [-0.1, -0.05) is 55.8 Å². The molecule has 0 bridgehead atoms. The first-order valence-electron chi connectivity index (χ1n) is 12.3. The van der Waals surface area contributed by atoms with Crippen LogP contribution in [0.3, 0.4) is 0 Å². The Bertz CT molecular complexity index is 1060. The highest BCUT2D eigenvalue weighted by Crippen LogP contribution is 2.29. The highest BCUT2D eigenvalue weighted by Gasteiger charge is 2.33. The molecule has 1 aliphatic heterocycles. The van der Waals surface area contributed by atoms with Gasteiger partial charge in [0.1, 0.15) is 0 Å². The number of carbonyl (C=O) groups excluding carboxylic acids is 1. The molecule has 1 amide bonds. The first-order valence-corrected chi connectivity index (χ1v) is 13.8. The predicted octanol–water partition coefficient (Wildman–Crippen LogP) is 4.17. The second-order valence-electron chi connectivity index (χ2n) is 9.40. The van der Waals surface area contributed by atoms with Crippen molar-refractivity contribution >= 4 is 15.9 Å². The predicted molar refractivity (Wildman–Crippen MR) is 137 cm³/mol. The maximum atomic E-state index is 13.3. The van der Waals surface area contributed by atoms with E-state index in [0.29, 0.717) is 37.4 Å². The number of benzene rings is 2. The topological polar surface area (TPSA) is 69.7 Å². The van der Waals surface area contributed by atoms with Crippen LogP contribution in [-0.4, -0.2) is 49.7 Å². The van der Waals surface area contributed by atoms with Gasteiger partial charge in [0.2, 0.25) is 15.9 Å². The molecule has 1 heterocycles. The van der Waals surface area contributed by atoms with E-state index in [4.69, 9.17) is 0 Å². The summed E-state index contributed by atoms with van der Waals surface area (Å²) in [7, 11) is -3.56. The summed E-state index contributed by atoms with van der Waals surface area (Å²) in [6, 6.07) is 12.2. The molecule has 3 rings (SSSR count). The number of amides is 1. The van der Waals surface area contributed by atoms with Gasteiger partial charge in [-0.05, 0) is 69.0 Å². The van der Waals surface area contributed by atoms with E-state index in [1.165, 1.54) is 9.87 Å². The molecule has 1 saturated heterocycles. The first kappa shape index (κ1) is 26.4. The second-order valence-corrected chi connectivity index (χ2v) is 11.3. The molecule has 0 unspecified atom stereocenters. The number of nitrogens with zero attached hydrogens (tertiary/aromatic N) is 2. The quantitative estimate of drug-likeness (QED) is 0.579. The van der Waals surface area contributed by atoms with Crippen LogP contribution >= 0.6 is 0 Å². The smallest absolute Gasteiger partial charge is 0.243 e. The lowest BCUT2D eigenvalue weighted by molar-refractivity contribution is -0.126. The molecule has 2 aromatic carbocycles. The van der Waals surface area contributed by atoms with Crippen LogP contribution in [0.5, 0.6) is 0 Å². The van der Waals surface area contributed by atoms with Crippen LogP contribution in [0, 0.1) is 26.7 Å². The van der Waals surface area contributed by atoms with E-state index in [1.807, 2.05) is 32.9 Å². The van der Waals surface area contributed by atoms with Crippen LogP contribution < -0.4 is 5.32 Å². The molecule has 0 aliphatic carbocycles. The third-order valence-electron chi connectivity index (χ3n) is 6.82. The summed E-state index contributed by atoms with van der Waals surface area (Å²) in [5.74, 6) is -0.152. The fourth-order valence-electron chi connectivity index (χ4n) is 4.86. The zero-order valence-corrected chi connectivity index (χ0v) is 22.0. The molecule has 0 radical (unpaired) electrons. The first-order chi connectivity index (χ1) is 16.1. The Labute approximate surface area is 205 Å². The van der Waals surface area contributed by atoms with E-state index in [-0.39, 0.29) is 11.8 Å². The average Bonchev–Trinajstić information content (AvgIpc) is 2.81. The van der Waals surface area contributed by atoms with Crippen LogP contribution in [-0.2, 0) is 27.9 Å². The van der Waals surface area contributed by atoms with E-state index in [0.717, 1.165) is 41.9 Å². The molecule has 0 aromatic heterocycles. The van der Waals surface area contributed by atoms with Crippen molar-refractivity contribution < 1.29 is 13.2 Å². The molecule has 1 N–H and O–H groups in total. The van der Waals surface area contributed by atoms with Crippen molar-refractivity contribution in [3.8, 4) is 0 Å². The van der Waals surface area contributed by atoms with Gasteiger partial charge in [0.15, 0.2) is 0 Å². The summed E-state index contributed by atoms with van der Waals surface area (Å²) >= 11 is 0. The number of carbonyl (C=O) groups is 1. The van der Waals surface area contributed by atoms with Gasteiger partial charge in [-0.15, -0.1) is 0 Å². The van der Waals surface area contributed by atoms with Gasteiger partial charge in [0.05, 0.1) is 4.90 Å². The molecular weight excluding hydrogens is 446 g/mol. The van der Waals surface area contributed by atoms with Crippen LogP contribution in [0.4, 0.5) is 0 Å². The Morgan fingerprint density at radius 3 is 2.03 bits per heavy atom. The molecule has 186 valence electrons. The van der Waals surface area contributed by atoms with Crippen molar-refractivity contribution in [1.82, 2.24) is 14.5 Å². The summed E-state index contributed by atoms with van der Waals surface area (Å²) in [4.78, 5) is 15.5. The third kappa shape index (κ3) is 6.26. The Morgan fingerprint density at radius 2 is 1.50 bits per heavy atom. The zero-order chi connectivity index (χ0) is 24.9. The van der Waals surface area contributed by atoms with Gasteiger partial charge in [0, 0.05) is 32.1 Å². The highest BCUT2D eigenvalue weighted by molar-refractivity contribution is 7.89. The van der Waals surface area contributed by atoms with Crippen LogP contribution in [0.1, 0.15) is 54.5 Å². The Balaban J connectivity index is 1.53. The molecular formula is C27H39N3O3S. The average molecular weight is 486 g/mol. The minimum atomic E-state index is -3.56. The Morgan fingerprint density at radius 1 is 0.971 bits per heavy atom. The monoisotopic (exact) mass is 485 g/mol. The van der Waals surface area contributed by atoms with Gasteiger partial charge >= 0.3 is 0 Å². The lowest BCUT2D eigenvalue weighted by atomic mass is 9.97. The second kappa shape index (κ2) is 11.5. The lowest BCUT2D eigenvalue weighted by Gasteiger charge is -2.31. The number of rotatable bonds is 9. The normalized spacial score (nSPS) is 15.6.